The van der Waals surface area contributed by atoms with E-state index < -0.39 is 0 Å². The third-order valence-corrected chi connectivity index (χ3v) is 6.83. The summed E-state index contributed by atoms with van der Waals surface area (Å²) in [5.41, 5.74) is 6.74. The SMILES string of the molecule is CCc1cc2cc(/C(=C\CN3CCCCC3)c3ccc4c(c3)CCCO4)ccc2[nH]c1=O. The molecule has 4 heteroatoms. The summed E-state index contributed by atoms with van der Waals surface area (Å²) >= 11 is 0. The third kappa shape index (κ3) is 4.37. The lowest BCUT2D eigenvalue weighted by molar-refractivity contribution is 0.252. The van der Waals surface area contributed by atoms with Gasteiger partial charge in [0.15, 0.2) is 0 Å². The number of ether oxygens (including phenoxy) is 1. The molecule has 0 unspecified atom stereocenters. The number of fused-ring (bicyclic) bond motifs is 2. The summed E-state index contributed by atoms with van der Waals surface area (Å²) in [6, 6.07) is 15.1. The fourth-order valence-electron chi connectivity index (χ4n) is 4.97. The first kappa shape index (κ1) is 21.0. The Bertz CT molecular complexity index is 1200. The van der Waals surface area contributed by atoms with Gasteiger partial charge in [0, 0.05) is 17.6 Å². The van der Waals surface area contributed by atoms with Crippen LogP contribution in [-0.4, -0.2) is 36.1 Å². The first-order valence-corrected chi connectivity index (χ1v) is 12.1. The van der Waals surface area contributed by atoms with Crippen molar-refractivity contribution in [3.63, 3.8) is 0 Å². The zero-order valence-corrected chi connectivity index (χ0v) is 19.0. The van der Waals surface area contributed by atoms with E-state index in [0.29, 0.717) is 0 Å². The van der Waals surface area contributed by atoms with E-state index in [1.165, 1.54) is 54.6 Å². The maximum absolute atomic E-state index is 12.2. The number of likely N-dealkylation sites (tertiary alicyclic amines) is 1. The van der Waals surface area contributed by atoms with Gasteiger partial charge in [-0.25, -0.2) is 0 Å². The summed E-state index contributed by atoms with van der Waals surface area (Å²) in [6.07, 6.45) is 9.21. The smallest absolute Gasteiger partial charge is 0.251 e. The Morgan fingerprint density at radius 1 is 1.03 bits per heavy atom. The van der Waals surface area contributed by atoms with Gasteiger partial charge in [-0.05, 0) is 103 Å². The molecule has 3 heterocycles. The van der Waals surface area contributed by atoms with Crippen LogP contribution in [-0.2, 0) is 12.8 Å². The highest BCUT2D eigenvalue weighted by molar-refractivity contribution is 5.88. The number of H-pyrrole nitrogens is 1. The van der Waals surface area contributed by atoms with Crippen LogP contribution in [0.4, 0.5) is 0 Å². The molecule has 0 radical (unpaired) electrons. The van der Waals surface area contributed by atoms with Gasteiger partial charge in [-0.2, -0.15) is 0 Å². The molecule has 166 valence electrons. The average molecular weight is 429 g/mol. The zero-order valence-electron chi connectivity index (χ0n) is 19.0. The normalized spacial score (nSPS) is 17.2. The van der Waals surface area contributed by atoms with E-state index in [0.717, 1.165) is 54.6 Å². The molecule has 0 amide bonds. The van der Waals surface area contributed by atoms with Gasteiger partial charge in [0.1, 0.15) is 5.75 Å². The summed E-state index contributed by atoms with van der Waals surface area (Å²) in [4.78, 5) is 17.8. The molecule has 3 aromatic rings. The van der Waals surface area contributed by atoms with Gasteiger partial charge in [-0.15, -0.1) is 0 Å². The van der Waals surface area contributed by atoms with Crippen LogP contribution in [0, 0.1) is 0 Å². The monoisotopic (exact) mass is 428 g/mol. The third-order valence-electron chi connectivity index (χ3n) is 6.83. The molecule has 0 spiro atoms. The van der Waals surface area contributed by atoms with Crippen LogP contribution in [0.1, 0.15) is 54.9 Å². The lowest BCUT2D eigenvalue weighted by Gasteiger charge is -2.25. The lowest BCUT2D eigenvalue weighted by Crippen LogP contribution is -2.29. The first-order chi connectivity index (χ1) is 15.7. The summed E-state index contributed by atoms with van der Waals surface area (Å²) in [6.45, 7) is 6.17. The van der Waals surface area contributed by atoms with Gasteiger partial charge in [0.05, 0.1) is 6.61 Å². The van der Waals surface area contributed by atoms with Crippen molar-refractivity contribution in [3.8, 4) is 5.75 Å². The number of aromatic nitrogens is 1. The first-order valence-electron chi connectivity index (χ1n) is 12.1. The molecule has 1 aromatic heterocycles. The number of rotatable bonds is 5. The quantitative estimate of drug-likeness (QED) is 0.597. The van der Waals surface area contributed by atoms with E-state index in [9.17, 15) is 4.79 Å². The summed E-state index contributed by atoms with van der Waals surface area (Å²) in [5.74, 6) is 1.03. The molecule has 32 heavy (non-hydrogen) atoms. The highest BCUT2D eigenvalue weighted by atomic mass is 16.5. The van der Waals surface area contributed by atoms with Gasteiger partial charge in [-0.3, -0.25) is 9.69 Å². The van der Waals surface area contributed by atoms with Crippen molar-refractivity contribution in [1.82, 2.24) is 9.88 Å². The second-order valence-corrected chi connectivity index (χ2v) is 9.03. The maximum atomic E-state index is 12.2. The fourth-order valence-corrected chi connectivity index (χ4v) is 4.97. The molecule has 2 aliphatic heterocycles. The van der Waals surface area contributed by atoms with Gasteiger partial charge >= 0.3 is 0 Å². The molecule has 1 N–H and O–H groups in total. The molecular weight excluding hydrogens is 396 g/mol. The number of hydrogen-bond acceptors (Lipinski definition) is 3. The van der Waals surface area contributed by atoms with Crippen LogP contribution >= 0.6 is 0 Å². The molecule has 0 bridgehead atoms. The van der Waals surface area contributed by atoms with E-state index in [1.807, 2.05) is 19.1 Å². The number of nitrogens with zero attached hydrogens (tertiary/aromatic N) is 1. The van der Waals surface area contributed by atoms with Crippen molar-refractivity contribution in [2.24, 2.45) is 0 Å². The number of nitrogens with one attached hydrogen (secondary N) is 1. The lowest BCUT2D eigenvalue weighted by atomic mass is 9.93. The maximum Gasteiger partial charge on any atom is 0.251 e. The Hall–Kier alpha value is -2.85. The van der Waals surface area contributed by atoms with Crippen LogP contribution in [0.2, 0.25) is 0 Å². The van der Waals surface area contributed by atoms with Crippen LogP contribution in [0.25, 0.3) is 16.5 Å². The molecule has 0 atom stereocenters. The van der Waals surface area contributed by atoms with Gasteiger partial charge in [-0.1, -0.05) is 31.6 Å². The van der Waals surface area contributed by atoms with E-state index in [1.54, 1.807) is 0 Å². The Kier molecular flexibility index (Phi) is 6.13. The molecule has 0 saturated carbocycles. The van der Waals surface area contributed by atoms with Gasteiger partial charge in [0.2, 0.25) is 0 Å². The Morgan fingerprint density at radius 2 is 1.84 bits per heavy atom. The number of benzene rings is 2. The molecule has 4 nitrogen and oxygen atoms in total. The highest BCUT2D eigenvalue weighted by Crippen LogP contribution is 2.32. The highest BCUT2D eigenvalue weighted by Gasteiger charge is 2.15. The molecular formula is C28H32N2O2. The molecule has 0 aliphatic carbocycles. The number of aryl methyl sites for hydroxylation is 2. The molecule has 2 aromatic carbocycles. The number of piperidine rings is 1. The van der Waals surface area contributed by atoms with Crippen molar-refractivity contribution in [1.29, 1.82) is 0 Å². The second kappa shape index (κ2) is 9.33. The minimum Gasteiger partial charge on any atom is -0.493 e. The van der Waals surface area contributed by atoms with E-state index in [4.69, 9.17) is 4.74 Å². The van der Waals surface area contributed by atoms with Gasteiger partial charge < -0.3 is 9.72 Å². The van der Waals surface area contributed by atoms with Crippen LogP contribution in [0.5, 0.6) is 5.75 Å². The summed E-state index contributed by atoms with van der Waals surface area (Å²) in [5, 5.41) is 1.09. The minimum absolute atomic E-state index is 0.0169. The van der Waals surface area contributed by atoms with E-state index >= 15 is 0 Å². The predicted molar refractivity (Wildman–Crippen MR) is 132 cm³/mol. The Morgan fingerprint density at radius 3 is 2.69 bits per heavy atom. The van der Waals surface area contributed by atoms with E-state index in [2.05, 4.69) is 46.3 Å². The minimum atomic E-state index is 0.0169. The van der Waals surface area contributed by atoms with Crippen molar-refractivity contribution in [2.45, 2.75) is 45.4 Å². The fraction of sp³-hybridized carbons (Fsp3) is 0.393. The molecule has 1 saturated heterocycles. The van der Waals surface area contributed by atoms with Crippen LogP contribution < -0.4 is 10.3 Å². The molecule has 2 aliphatic rings. The largest absolute Gasteiger partial charge is 0.493 e. The van der Waals surface area contributed by atoms with Crippen molar-refractivity contribution < 1.29 is 4.74 Å². The number of hydrogen-bond donors (Lipinski definition) is 1. The van der Waals surface area contributed by atoms with Crippen molar-refractivity contribution >= 4 is 16.5 Å². The molecule has 1 fully saturated rings. The van der Waals surface area contributed by atoms with Gasteiger partial charge in [0.25, 0.3) is 5.56 Å². The second-order valence-electron chi connectivity index (χ2n) is 9.03. The predicted octanol–water partition coefficient (Wildman–Crippen LogP) is 5.33. The number of aromatic amines is 1. The number of pyridine rings is 1. The molecule has 5 rings (SSSR count). The standard InChI is InChI=1S/C28H32N2O2/c1-2-20-17-24-19-21(8-10-26(24)29-28(20)31)25(12-15-30-13-4-3-5-14-30)22-9-11-27-23(18-22)7-6-16-32-27/h8-12,17-19H,2-7,13-16H2,1H3,(H,29,31)/b25-12+. The zero-order chi connectivity index (χ0) is 21.9. The Labute approximate surface area is 189 Å². The average Bonchev–Trinajstić information content (AvgIpc) is 2.84. The van der Waals surface area contributed by atoms with Crippen LogP contribution in [0.3, 0.4) is 0 Å². The van der Waals surface area contributed by atoms with Crippen LogP contribution in [0.15, 0.2) is 53.3 Å². The summed E-state index contributed by atoms with van der Waals surface area (Å²) < 4.78 is 5.85. The van der Waals surface area contributed by atoms with Crippen molar-refractivity contribution in [2.75, 3.05) is 26.2 Å². The van der Waals surface area contributed by atoms with E-state index in [-0.39, 0.29) is 5.56 Å². The summed E-state index contributed by atoms with van der Waals surface area (Å²) in [7, 11) is 0. The van der Waals surface area contributed by atoms with Crippen molar-refractivity contribution in [3.05, 3.63) is 81.1 Å². The Balaban J connectivity index is 1.57. The topological polar surface area (TPSA) is 45.3 Å².